The Labute approximate surface area is 126 Å². The van der Waals surface area contributed by atoms with Gasteiger partial charge in [-0.15, -0.1) is 0 Å². The molecule has 0 aliphatic carbocycles. The van der Waals surface area contributed by atoms with Crippen LogP contribution in [-0.4, -0.2) is 49.2 Å². The topological polar surface area (TPSA) is 67.6 Å². The van der Waals surface area contributed by atoms with Crippen molar-refractivity contribution in [1.29, 1.82) is 0 Å². The van der Waals surface area contributed by atoms with E-state index in [4.69, 9.17) is 10.5 Å². The molecule has 1 aromatic rings. The lowest BCUT2D eigenvalue weighted by Gasteiger charge is -2.35. The lowest BCUT2D eigenvalue weighted by atomic mass is 10.1. The van der Waals surface area contributed by atoms with E-state index in [0.29, 0.717) is 11.3 Å². The number of morpholine rings is 1. The minimum absolute atomic E-state index is 0.0626. The number of nitrogen functional groups attached to an aromatic ring is 1. The van der Waals surface area contributed by atoms with Gasteiger partial charge in [-0.25, -0.2) is 0 Å². The maximum Gasteiger partial charge on any atom is 0.251 e. The highest BCUT2D eigenvalue weighted by Gasteiger charge is 2.23. The maximum atomic E-state index is 12.4. The van der Waals surface area contributed by atoms with Gasteiger partial charge in [0.05, 0.1) is 13.2 Å². The molecule has 1 heterocycles. The molecule has 0 spiro atoms. The molecule has 116 valence electrons. The van der Waals surface area contributed by atoms with E-state index in [1.54, 1.807) is 6.07 Å². The summed E-state index contributed by atoms with van der Waals surface area (Å²) in [6.45, 7) is 9.46. The van der Waals surface area contributed by atoms with Crippen LogP contribution in [0.3, 0.4) is 0 Å². The smallest absolute Gasteiger partial charge is 0.251 e. The standard InChI is InChI=1S/C16H25N3O2/c1-11-4-5-14(17)10-15(11)16(20)18-12(2)13(3)19-6-8-21-9-7-19/h4-5,10,12-13H,6-9,17H2,1-3H3,(H,18,20). The maximum absolute atomic E-state index is 12.4. The zero-order valence-electron chi connectivity index (χ0n) is 13.1. The first-order chi connectivity index (χ1) is 9.99. The van der Waals surface area contributed by atoms with E-state index in [1.807, 2.05) is 26.0 Å². The number of nitrogens with one attached hydrogen (secondary N) is 1. The van der Waals surface area contributed by atoms with Crippen molar-refractivity contribution in [2.24, 2.45) is 0 Å². The molecule has 1 aliphatic rings. The number of hydrogen-bond donors (Lipinski definition) is 2. The van der Waals surface area contributed by atoms with E-state index in [2.05, 4.69) is 17.1 Å². The lowest BCUT2D eigenvalue weighted by molar-refractivity contribution is 0.0137. The summed E-state index contributed by atoms with van der Waals surface area (Å²) in [5.41, 5.74) is 7.97. The zero-order valence-corrected chi connectivity index (χ0v) is 13.1. The number of aryl methyl sites for hydroxylation is 1. The Bertz CT molecular complexity index is 498. The number of carbonyl (C=O) groups is 1. The van der Waals surface area contributed by atoms with Gasteiger partial charge >= 0.3 is 0 Å². The Balaban J connectivity index is 1.99. The predicted octanol–water partition coefficient (Wildman–Crippen LogP) is 1.42. The first-order valence-corrected chi connectivity index (χ1v) is 7.48. The molecule has 2 unspecified atom stereocenters. The van der Waals surface area contributed by atoms with Crippen LogP contribution in [0.15, 0.2) is 18.2 Å². The van der Waals surface area contributed by atoms with Crippen LogP contribution in [0.1, 0.15) is 29.8 Å². The normalized spacial score (nSPS) is 19.0. The van der Waals surface area contributed by atoms with Gasteiger partial charge in [0.2, 0.25) is 0 Å². The first kappa shape index (κ1) is 15.8. The third-order valence-corrected chi connectivity index (χ3v) is 4.21. The fraction of sp³-hybridized carbons (Fsp3) is 0.562. The zero-order chi connectivity index (χ0) is 15.4. The molecule has 2 atom stereocenters. The van der Waals surface area contributed by atoms with Crippen molar-refractivity contribution in [1.82, 2.24) is 10.2 Å². The van der Waals surface area contributed by atoms with Gasteiger partial charge in [-0.2, -0.15) is 0 Å². The van der Waals surface area contributed by atoms with Crippen molar-refractivity contribution in [3.8, 4) is 0 Å². The van der Waals surface area contributed by atoms with Crippen molar-refractivity contribution in [3.63, 3.8) is 0 Å². The highest BCUT2D eigenvalue weighted by Crippen LogP contribution is 2.14. The molecule has 0 bridgehead atoms. The van der Waals surface area contributed by atoms with Crippen LogP contribution in [0.25, 0.3) is 0 Å². The van der Waals surface area contributed by atoms with Gasteiger partial charge in [-0.05, 0) is 38.5 Å². The number of carbonyl (C=O) groups excluding carboxylic acids is 1. The number of benzene rings is 1. The second-order valence-corrected chi connectivity index (χ2v) is 5.73. The molecular formula is C16H25N3O2. The van der Waals surface area contributed by atoms with Gasteiger partial charge in [-0.1, -0.05) is 6.07 Å². The van der Waals surface area contributed by atoms with Crippen molar-refractivity contribution in [3.05, 3.63) is 29.3 Å². The third-order valence-electron chi connectivity index (χ3n) is 4.21. The number of nitrogens with two attached hydrogens (primary N) is 1. The average Bonchev–Trinajstić information content (AvgIpc) is 2.49. The van der Waals surface area contributed by atoms with Gasteiger partial charge in [-0.3, -0.25) is 9.69 Å². The van der Waals surface area contributed by atoms with E-state index in [0.717, 1.165) is 31.9 Å². The Morgan fingerprint density at radius 2 is 2.00 bits per heavy atom. The number of hydrogen-bond acceptors (Lipinski definition) is 4. The monoisotopic (exact) mass is 291 g/mol. The predicted molar refractivity (Wildman–Crippen MR) is 84.4 cm³/mol. The summed E-state index contributed by atoms with van der Waals surface area (Å²) >= 11 is 0. The molecule has 2 rings (SSSR count). The van der Waals surface area contributed by atoms with E-state index in [-0.39, 0.29) is 18.0 Å². The molecule has 1 aliphatic heterocycles. The summed E-state index contributed by atoms with van der Waals surface area (Å²) in [5, 5.41) is 3.08. The fourth-order valence-corrected chi connectivity index (χ4v) is 2.59. The number of nitrogens with zero attached hydrogens (tertiary/aromatic N) is 1. The van der Waals surface area contributed by atoms with Gasteiger partial charge in [0.25, 0.3) is 5.91 Å². The summed E-state index contributed by atoms with van der Waals surface area (Å²) in [6.07, 6.45) is 0. The molecule has 0 aromatic heterocycles. The van der Waals surface area contributed by atoms with Crippen molar-refractivity contribution in [2.75, 3.05) is 32.0 Å². The molecule has 5 heteroatoms. The molecule has 21 heavy (non-hydrogen) atoms. The minimum atomic E-state index is -0.0626. The first-order valence-electron chi connectivity index (χ1n) is 7.48. The largest absolute Gasteiger partial charge is 0.399 e. The molecule has 3 N–H and O–H groups in total. The van der Waals surface area contributed by atoms with Gasteiger partial charge < -0.3 is 15.8 Å². The van der Waals surface area contributed by atoms with Crippen molar-refractivity contribution in [2.45, 2.75) is 32.9 Å². The van der Waals surface area contributed by atoms with Gasteiger partial charge in [0.15, 0.2) is 0 Å². The van der Waals surface area contributed by atoms with E-state index in [9.17, 15) is 4.79 Å². The number of amides is 1. The Hall–Kier alpha value is -1.59. The highest BCUT2D eigenvalue weighted by molar-refractivity contribution is 5.96. The van der Waals surface area contributed by atoms with E-state index < -0.39 is 0 Å². The van der Waals surface area contributed by atoms with Crippen molar-refractivity contribution < 1.29 is 9.53 Å². The molecule has 1 fully saturated rings. The number of rotatable bonds is 4. The average molecular weight is 291 g/mol. The fourth-order valence-electron chi connectivity index (χ4n) is 2.59. The van der Waals surface area contributed by atoms with E-state index >= 15 is 0 Å². The SMILES string of the molecule is Cc1ccc(N)cc1C(=O)NC(C)C(C)N1CCOCC1. The minimum Gasteiger partial charge on any atom is -0.399 e. The molecular weight excluding hydrogens is 266 g/mol. The molecule has 0 radical (unpaired) electrons. The summed E-state index contributed by atoms with van der Waals surface area (Å²) in [5.74, 6) is -0.0626. The second kappa shape index (κ2) is 6.91. The number of anilines is 1. The van der Waals surface area contributed by atoms with Gasteiger partial charge in [0, 0.05) is 36.4 Å². The van der Waals surface area contributed by atoms with Crippen LogP contribution < -0.4 is 11.1 Å². The Kier molecular flexibility index (Phi) is 5.20. The molecule has 1 aromatic carbocycles. The lowest BCUT2D eigenvalue weighted by Crippen LogP contribution is -2.52. The molecule has 1 amide bonds. The van der Waals surface area contributed by atoms with Crippen LogP contribution in [0, 0.1) is 6.92 Å². The van der Waals surface area contributed by atoms with Crippen LogP contribution in [0.4, 0.5) is 5.69 Å². The summed E-state index contributed by atoms with van der Waals surface area (Å²) in [4.78, 5) is 14.8. The highest BCUT2D eigenvalue weighted by atomic mass is 16.5. The van der Waals surface area contributed by atoms with Crippen LogP contribution in [-0.2, 0) is 4.74 Å². The quantitative estimate of drug-likeness (QED) is 0.823. The molecule has 5 nitrogen and oxygen atoms in total. The van der Waals surface area contributed by atoms with E-state index in [1.165, 1.54) is 0 Å². The summed E-state index contributed by atoms with van der Waals surface area (Å²) in [7, 11) is 0. The second-order valence-electron chi connectivity index (χ2n) is 5.73. The van der Waals surface area contributed by atoms with Crippen LogP contribution >= 0.6 is 0 Å². The summed E-state index contributed by atoms with van der Waals surface area (Å²) < 4.78 is 5.37. The Morgan fingerprint density at radius 3 is 2.67 bits per heavy atom. The van der Waals surface area contributed by atoms with Crippen molar-refractivity contribution >= 4 is 11.6 Å². The molecule has 1 saturated heterocycles. The van der Waals surface area contributed by atoms with Crippen LogP contribution in [0.5, 0.6) is 0 Å². The van der Waals surface area contributed by atoms with Gasteiger partial charge in [0.1, 0.15) is 0 Å². The number of ether oxygens (including phenoxy) is 1. The van der Waals surface area contributed by atoms with Crippen LogP contribution in [0.2, 0.25) is 0 Å². The molecule has 0 saturated carbocycles. The summed E-state index contributed by atoms with van der Waals surface area (Å²) in [6, 6.07) is 5.76. The third kappa shape index (κ3) is 3.95. The Morgan fingerprint density at radius 1 is 1.33 bits per heavy atom.